The van der Waals surface area contributed by atoms with E-state index >= 15 is 0 Å². The number of likely N-dealkylation sites (N-methyl/N-ethyl adjacent to an activating group) is 1. The van der Waals surface area contributed by atoms with Crippen LogP contribution in [0.1, 0.15) is 25.1 Å². The highest BCUT2D eigenvalue weighted by Crippen LogP contribution is 2.25. The molecule has 3 heterocycles. The largest absolute Gasteiger partial charge is 0.341 e. The third-order valence-corrected chi connectivity index (χ3v) is 4.86. The number of amides is 1. The molecule has 1 aliphatic rings. The van der Waals surface area contributed by atoms with E-state index in [-0.39, 0.29) is 5.91 Å². The topological polar surface area (TPSA) is 62.2 Å². The van der Waals surface area contributed by atoms with E-state index in [0.717, 1.165) is 35.4 Å². The van der Waals surface area contributed by atoms with Crippen LogP contribution in [-0.2, 0) is 17.6 Å². The lowest BCUT2D eigenvalue weighted by Crippen LogP contribution is -2.42. The highest BCUT2D eigenvalue weighted by molar-refractivity contribution is 5.78. The Morgan fingerprint density at radius 1 is 1.20 bits per heavy atom. The normalized spacial score (nSPS) is 14.5. The first-order valence-corrected chi connectivity index (χ1v) is 8.77. The molecule has 0 aliphatic carbocycles. The van der Waals surface area contributed by atoms with Crippen molar-refractivity contribution in [1.29, 1.82) is 0 Å². The highest BCUT2D eigenvalue weighted by Gasteiger charge is 2.23. The predicted octanol–water partition coefficient (Wildman–Crippen LogP) is 1.81. The third-order valence-electron chi connectivity index (χ3n) is 4.86. The highest BCUT2D eigenvalue weighted by atomic mass is 16.2. The molecule has 6 nitrogen and oxygen atoms in total. The van der Waals surface area contributed by atoms with Crippen LogP contribution in [0.5, 0.6) is 0 Å². The van der Waals surface area contributed by atoms with Crippen LogP contribution in [0.25, 0.3) is 11.3 Å². The molecule has 0 unspecified atom stereocenters. The third kappa shape index (κ3) is 4.02. The van der Waals surface area contributed by atoms with Gasteiger partial charge in [0, 0.05) is 54.8 Å². The fourth-order valence-electron chi connectivity index (χ4n) is 3.03. The SMILES string of the molecule is CC(C)N(C)CC(=O)N1CCc2ncnc(-c3ccncc3)c2CC1. The second kappa shape index (κ2) is 7.70. The number of aromatic nitrogens is 3. The van der Waals surface area contributed by atoms with E-state index in [1.54, 1.807) is 18.7 Å². The van der Waals surface area contributed by atoms with Crippen LogP contribution in [0.4, 0.5) is 0 Å². The summed E-state index contributed by atoms with van der Waals surface area (Å²) in [7, 11) is 1.99. The van der Waals surface area contributed by atoms with Crippen LogP contribution >= 0.6 is 0 Å². The molecule has 6 heteroatoms. The average molecular weight is 339 g/mol. The summed E-state index contributed by atoms with van der Waals surface area (Å²) < 4.78 is 0. The summed E-state index contributed by atoms with van der Waals surface area (Å²) >= 11 is 0. The number of hydrogen-bond acceptors (Lipinski definition) is 5. The zero-order valence-electron chi connectivity index (χ0n) is 15.1. The van der Waals surface area contributed by atoms with Gasteiger partial charge in [-0.1, -0.05) is 0 Å². The van der Waals surface area contributed by atoms with Crippen molar-refractivity contribution in [2.75, 3.05) is 26.7 Å². The Hall–Kier alpha value is -2.34. The van der Waals surface area contributed by atoms with Crippen LogP contribution < -0.4 is 0 Å². The molecule has 0 saturated heterocycles. The Morgan fingerprint density at radius 2 is 1.92 bits per heavy atom. The smallest absolute Gasteiger partial charge is 0.236 e. The minimum atomic E-state index is 0.183. The van der Waals surface area contributed by atoms with Crippen molar-refractivity contribution in [3.8, 4) is 11.3 Å². The van der Waals surface area contributed by atoms with Crippen LogP contribution in [0.2, 0.25) is 0 Å². The van der Waals surface area contributed by atoms with Gasteiger partial charge in [-0.2, -0.15) is 0 Å². The summed E-state index contributed by atoms with van der Waals surface area (Å²) in [5, 5.41) is 0. The number of rotatable bonds is 4. The van der Waals surface area contributed by atoms with Gasteiger partial charge in [0.1, 0.15) is 6.33 Å². The van der Waals surface area contributed by atoms with Crippen molar-refractivity contribution in [1.82, 2.24) is 24.8 Å². The van der Waals surface area contributed by atoms with Crippen molar-refractivity contribution < 1.29 is 4.79 Å². The molecule has 1 aliphatic heterocycles. The molecule has 0 aromatic carbocycles. The molecule has 3 rings (SSSR count). The Kier molecular flexibility index (Phi) is 5.38. The standard InChI is InChI=1S/C19H25N5O/c1-14(2)23(3)12-18(25)24-10-6-16-17(7-11-24)21-13-22-19(16)15-4-8-20-9-5-15/h4-5,8-9,13-14H,6-7,10-12H2,1-3H3. The van der Waals surface area contributed by atoms with Gasteiger partial charge in [-0.15, -0.1) is 0 Å². The number of carbonyl (C=O) groups is 1. The zero-order valence-corrected chi connectivity index (χ0v) is 15.1. The summed E-state index contributed by atoms with van der Waals surface area (Å²) in [6.45, 7) is 6.08. The second-order valence-electron chi connectivity index (χ2n) is 6.77. The average Bonchev–Trinajstić information content (AvgIpc) is 2.85. The molecular formula is C19H25N5O. The van der Waals surface area contributed by atoms with E-state index < -0.39 is 0 Å². The van der Waals surface area contributed by atoms with Crippen LogP contribution in [-0.4, -0.2) is 63.4 Å². The lowest BCUT2D eigenvalue weighted by Gasteiger charge is -2.26. The molecule has 0 atom stereocenters. The number of nitrogens with zero attached hydrogens (tertiary/aromatic N) is 5. The number of pyridine rings is 1. The first-order chi connectivity index (χ1) is 12.1. The summed E-state index contributed by atoms with van der Waals surface area (Å²) in [4.78, 5) is 29.7. The Bertz CT molecular complexity index is 732. The van der Waals surface area contributed by atoms with Gasteiger partial charge in [0.25, 0.3) is 0 Å². The Morgan fingerprint density at radius 3 is 2.64 bits per heavy atom. The Labute approximate surface area is 148 Å². The summed E-state index contributed by atoms with van der Waals surface area (Å²) in [5.41, 5.74) is 4.21. The number of hydrogen-bond donors (Lipinski definition) is 0. The summed E-state index contributed by atoms with van der Waals surface area (Å²) in [6, 6.07) is 4.29. The molecule has 132 valence electrons. The predicted molar refractivity (Wildman–Crippen MR) is 97.0 cm³/mol. The van der Waals surface area contributed by atoms with Crippen LogP contribution in [0, 0.1) is 0 Å². The van der Waals surface area contributed by atoms with Crippen molar-refractivity contribution >= 4 is 5.91 Å². The second-order valence-corrected chi connectivity index (χ2v) is 6.77. The fraction of sp³-hybridized carbons (Fsp3) is 0.474. The van der Waals surface area contributed by atoms with Gasteiger partial charge in [-0.05, 0) is 39.4 Å². The van der Waals surface area contributed by atoms with Crippen LogP contribution in [0.15, 0.2) is 30.9 Å². The molecule has 0 fully saturated rings. The quantitative estimate of drug-likeness (QED) is 0.850. The fourth-order valence-corrected chi connectivity index (χ4v) is 3.03. The molecular weight excluding hydrogens is 314 g/mol. The van der Waals surface area contributed by atoms with Gasteiger partial charge in [0.15, 0.2) is 0 Å². The van der Waals surface area contributed by atoms with Gasteiger partial charge >= 0.3 is 0 Å². The van der Waals surface area contributed by atoms with E-state index in [2.05, 4.69) is 33.7 Å². The molecule has 0 spiro atoms. The van der Waals surface area contributed by atoms with Gasteiger partial charge in [-0.3, -0.25) is 14.7 Å². The first kappa shape index (κ1) is 17.5. The zero-order chi connectivity index (χ0) is 17.8. The number of carbonyl (C=O) groups excluding carboxylic acids is 1. The molecule has 2 aromatic heterocycles. The van der Waals surface area contributed by atoms with Crippen LogP contribution in [0.3, 0.4) is 0 Å². The maximum Gasteiger partial charge on any atom is 0.236 e. The van der Waals surface area contributed by atoms with Gasteiger partial charge in [-0.25, -0.2) is 9.97 Å². The molecule has 0 saturated carbocycles. The maximum atomic E-state index is 12.6. The van der Waals surface area contributed by atoms with E-state index in [4.69, 9.17) is 0 Å². The Balaban J connectivity index is 1.78. The van der Waals surface area contributed by atoms with E-state index in [1.807, 2.05) is 24.1 Å². The summed E-state index contributed by atoms with van der Waals surface area (Å²) in [5.74, 6) is 0.183. The maximum absolute atomic E-state index is 12.6. The minimum absolute atomic E-state index is 0.183. The van der Waals surface area contributed by atoms with E-state index in [1.165, 1.54) is 0 Å². The van der Waals surface area contributed by atoms with E-state index in [9.17, 15) is 4.79 Å². The molecule has 25 heavy (non-hydrogen) atoms. The lowest BCUT2D eigenvalue weighted by atomic mass is 10.0. The van der Waals surface area contributed by atoms with Gasteiger partial charge < -0.3 is 4.90 Å². The molecule has 0 radical (unpaired) electrons. The minimum Gasteiger partial charge on any atom is -0.341 e. The molecule has 0 bridgehead atoms. The van der Waals surface area contributed by atoms with Crippen molar-refractivity contribution in [3.63, 3.8) is 0 Å². The molecule has 2 aromatic rings. The molecule has 1 amide bonds. The van der Waals surface area contributed by atoms with Gasteiger partial charge in [0.2, 0.25) is 5.91 Å². The van der Waals surface area contributed by atoms with Crippen molar-refractivity contribution in [2.24, 2.45) is 0 Å². The monoisotopic (exact) mass is 339 g/mol. The lowest BCUT2D eigenvalue weighted by molar-refractivity contribution is -0.132. The summed E-state index contributed by atoms with van der Waals surface area (Å²) in [6.07, 6.45) is 6.73. The van der Waals surface area contributed by atoms with E-state index in [0.29, 0.717) is 25.7 Å². The van der Waals surface area contributed by atoms with Crippen molar-refractivity contribution in [2.45, 2.75) is 32.7 Å². The van der Waals surface area contributed by atoms with Gasteiger partial charge in [0.05, 0.1) is 12.2 Å². The van der Waals surface area contributed by atoms with Crippen molar-refractivity contribution in [3.05, 3.63) is 42.1 Å². The number of fused-ring (bicyclic) bond motifs is 1. The molecule has 0 N–H and O–H groups in total. The first-order valence-electron chi connectivity index (χ1n) is 8.77.